The van der Waals surface area contributed by atoms with Gasteiger partial charge in [-0.25, -0.2) is 0 Å². The molecule has 0 aromatic heterocycles. The van der Waals surface area contributed by atoms with Crippen molar-refractivity contribution in [2.45, 2.75) is 31.7 Å². The molecule has 76 valence electrons. The molecule has 0 bridgehead atoms. The summed E-state index contributed by atoms with van der Waals surface area (Å²) >= 11 is 5.86. The predicted molar refractivity (Wildman–Crippen MR) is 60.9 cm³/mol. The molecule has 1 aliphatic rings. The molecule has 0 aliphatic carbocycles. The van der Waals surface area contributed by atoms with Gasteiger partial charge in [-0.2, -0.15) is 0 Å². The van der Waals surface area contributed by atoms with Crippen LogP contribution in [0.4, 0.5) is 0 Å². The van der Waals surface area contributed by atoms with Crippen molar-refractivity contribution in [2.24, 2.45) is 0 Å². The third kappa shape index (κ3) is 2.10. The second-order valence-electron chi connectivity index (χ2n) is 4.04. The number of hydrogen-bond donors (Lipinski definition) is 1. The van der Waals surface area contributed by atoms with Crippen LogP contribution in [0.1, 0.15) is 31.2 Å². The normalized spacial score (nSPS) is 23.7. The summed E-state index contributed by atoms with van der Waals surface area (Å²) in [5, 5.41) is 4.36. The molecule has 2 atom stereocenters. The number of hydrogen-bond acceptors (Lipinski definition) is 1. The van der Waals surface area contributed by atoms with Crippen LogP contribution >= 0.6 is 11.6 Å². The molecule has 0 spiro atoms. The minimum absolute atomic E-state index is 0.592. The van der Waals surface area contributed by atoms with Gasteiger partial charge < -0.3 is 5.32 Å². The molecule has 0 radical (unpaired) electrons. The Morgan fingerprint density at radius 1 is 1.36 bits per heavy atom. The summed E-state index contributed by atoms with van der Waals surface area (Å²) in [5.41, 5.74) is 1.38. The topological polar surface area (TPSA) is 12.0 Å². The highest BCUT2D eigenvalue weighted by atomic mass is 35.5. The Morgan fingerprint density at radius 2 is 2.07 bits per heavy atom. The van der Waals surface area contributed by atoms with Gasteiger partial charge in [-0.05, 0) is 43.0 Å². The van der Waals surface area contributed by atoms with Crippen molar-refractivity contribution in [2.75, 3.05) is 6.54 Å². The van der Waals surface area contributed by atoms with Gasteiger partial charge in [0.25, 0.3) is 0 Å². The van der Waals surface area contributed by atoms with Gasteiger partial charge in [0, 0.05) is 11.1 Å². The molecular formula is C12H16ClN. The average Bonchev–Trinajstić information content (AvgIpc) is 2.71. The van der Waals surface area contributed by atoms with Crippen LogP contribution in [0.2, 0.25) is 5.02 Å². The Kier molecular flexibility index (Phi) is 3.09. The highest BCUT2D eigenvalue weighted by Gasteiger charge is 2.21. The number of halogens is 1. The van der Waals surface area contributed by atoms with E-state index in [9.17, 15) is 0 Å². The molecule has 1 N–H and O–H groups in total. The van der Waals surface area contributed by atoms with E-state index in [1.807, 2.05) is 12.1 Å². The van der Waals surface area contributed by atoms with Gasteiger partial charge in [-0.1, -0.05) is 30.7 Å². The molecule has 0 amide bonds. The standard InChI is InChI=1S/C12H16ClN/c1-9(12-3-2-8-14-12)10-4-6-11(13)7-5-10/h4-7,9,12,14H,2-3,8H2,1H3. The van der Waals surface area contributed by atoms with E-state index >= 15 is 0 Å². The summed E-state index contributed by atoms with van der Waals surface area (Å²) in [6, 6.07) is 8.86. The Balaban J connectivity index is 2.09. The monoisotopic (exact) mass is 209 g/mol. The second-order valence-corrected chi connectivity index (χ2v) is 4.48. The average molecular weight is 210 g/mol. The zero-order chi connectivity index (χ0) is 9.97. The first-order valence-electron chi connectivity index (χ1n) is 5.26. The van der Waals surface area contributed by atoms with Crippen LogP contribution in [0.3, 0.4) is 0 Å². The molecule has 1 heterocycles. The minimum Gasteiger partial charge on any atom is -0.313 e. The molecule has 14 heavy (non-hydrogen) atoms. The van der Waals surface area contributed by atoms with E-state index in [4.69, 9.17) is 11.6 Å². The van der Waals surface area contributed by atoms with Crippen molar-refractivity contribution in [3.63, 3.8) is 0 Å². The number of rotatable bonds is 2. The largest absolute Gasteiger partial charge is 0.313 e. The molecule has 2 unspecified atom stereocenters. The highest BCUT2D eigenvalue weighted by molar-refractivity contribution is 6.30. The zero-order valence-corrected chi connectivity index (χ0v) is 9.22. The van der Waals surface area contributed by atoms with Crippen LogP contribution in [0.5, 0.6) is 0 Å². The van der Waals surface area contributed by atoms with Gasteiger partial charge >= 0.3 is 0 Å². The van der Waals surface area contributed by atoms with E-state index in [1.165, 1.54) is 24.9 Å². The lowest BCUT2D eigenvalue weighted by Crippen LogP contribution is -2.27. The Hall–Kier alpha value is -0.530. The first kappa shape index (κ1) is 10.0. The van der Waals surface area contributed by atoms with Gasteiger partial charge in [0.2, 0.25) is 0 Å². The lowest BCUT2D eigenvalue weighted by molar-refractivity contribution is 0.517. The maximum Gasteiger partial charge on any atom is 0.0406 e. The summed E-state index contributed by atoms with van der Waals surface area (Å²) in [6.07, 6.45) is 2.60. The predicted octanol–water partition coefficient (Wildman–Crippen LogP) is 3.20. The van der Waals surface area contributed by atoms with Crippen LogP contribution in [-0.2, 0) is 0 Å². The summed E-state index contributed by atoms with van der Waals surface area (Å²) < 4.78 is 0. The third-order valence-electron chi connectivity index (χ3n) is 3.10. The minimum atomic E-state index is 0.592. The fraction of sp³-hybridized carbons (Fsp3) is 0.500. The molecule has 2 heteroatoms. The fourth-order valence-corrected chi connectivity index (χ4v) is 2.26. The molecule has 1 nitrogen and oxygen atoms in total. The first-order chi connectivity index (χ1) is 6.77. The van der Waals surface area contributed by atoms with Crippen LogP contribution in [0.15, 0.2) is 24.3 Å². The fourth-order valence-electron chi connectivity index (χ4n) is 2.14. The number of nitrogens with one attached hydrogen (secondary N) is 1. The molecule has 0 saturated carbocycles. The van der Waals surface area contributed by atoms with Crippen molar-refractivity contribution in [1.82, 2.24) is 5.32 Å². The lowest BCUT2D eigenvalue weighted by Gasteiger charge is -2.19. The summed E-state index contributed by atoms with van der Waals surface area (Å²) in [7, 11) is 0. The quantitative estimate of drug-likeness (QED) is 0.789. The summed E-state index contributed by atoms with van der Waals surface area (Å²) in [5.74, 6) is 0.592. The van der Waals surface area contributed by atoms with Crippen LogP contribution < -0.4 is 5.32 Å². The molecule has 1 aromatic carbocycles. The van der Waals surface area contributed by atoms with E-state index in [-0.39, 0.29) is 0 Å². The molecule has 1 fully saturated rings. The molecule has 2 rings (SSSR count). The van der Waals surface area contributed by atoms with Gasteiger partial charge in [-0.15, -0.1) is 0 Å². The molecule has 1 aromatic rings. The van der Waals surface area contributed by atoms with Crippen molar-refractivity contribution in [1.29, 1.82) is 0 Å². The highest BCUT2D eigenvalue weighted by Crippen LogP contribution is 2.25. The molecular weight excluding hydrogens is 194 g/mol. The van der Waals surface area contributed by atoms with E-state index in [2.05, 4.69) is 24.4 Å². The lowest BCUT2D eigenvalue weighted by atomic mass is 9.92. The maximum absolute atomic E-state index is 5.86. The Labute approximate surface area is 90.5 Å². The van der Waals surface area contributed by atoms with Crippen molar-refractivity contribution >= 4 is 11.6 Å². The van der Waals surface area contributed by atoms with Gasteiger partial charge in [0.15, 0.2) is 0 Å². The SMILES string of the molecule is CC(c1ccc(Cl)cc1)C1CCCN1. The summed E-state index contributed by atoms with van der Waals surface area (Å²) in [4.78, 5) is 0. The van der Waals surface area contributed by atoms with Crippen LogP contribution in [-0.4, -0.2) is 12.6 Å². The molecule has 1 aliphatic heterocycles. The van der Waals surface area contributed by atoms with E-state index < -0.39 is 0 Å². The van der Waals surface area contributed by atoms with Gasteiger partial charge in [0.1, 0.15) is 0 Å². The first-order valence-corrected chi connectivity index (χ1v) is 5.64. The zero-order valence-electron chi connectivity index (χ0n) is 8.46. The second kappa shape index (κ2) is 4.33. The van der Waals surface area contributed by atoms with E-state index in [1.54, 1.807) is 0 Å². The maximum atomic E-state index is 5.86. The smallest absolute Gasteiger partial charge is 0.0406 e. The van der Waals surface area contributed by atoms with Crippen LogP contribution in [0.25, 0.3) is 0 Å². The van der Waals surface area contributed by atoms with E-state index in [0.717, 1.165) is 5.02 Å². The number of benzene rings is 1. The van der Waals surface area contributed by atoms with E-state index in [0.29, 0.717) is 12.0 Å². The summed E-state index contributed by atoms with van der Waals surface area (Å²) in [6.45, 7) is 3.45. The van der Waals surface area contributed by atoms with Crippen molar-refractivity contribution in [3.8, 4) is 0 Å². The Bertz CT molecular complexity index is 288. The van der Waals surface area contributed by atoms with Crippen LogP contribution in [0, 0.1) is 0 Å². The molecule has 1 saturated heterocycles. The third-order valence-corrected chi connectivity index (χ3v) is 3.35. The van der Waals surface area contributed by atoms with Crippen molar-refractivity contribution < 1.29 is 0 Å². The van der Waals surface area contributed by atoms with Gasteiger partial charge in [0.05, 0.1) is 0 Å². The van der Waals surface area contributed by atoms with Gasteiger partial charge in [-0.3, -0.25) is 0 Å². The van der Waals surface area contributed by atoms with Crippen molar-refractivity contribution in [3.05, 3.63) is 34.9 Å². The Morgan fingerprint density at radius 3 is 2.64 bits per heavy atom.